The zero-order valence-electron chi connectivity index (χ0n) is 12.6. The van der Waals surface area contributed by atoms with Crippen molar-refractivity contribution < 1.29 is 4.74 Å². The zero-order chi connectivity index (χ0) is 14.9. The predicted octanol–water partition coefficient (Wildman–Crippen LogP) is 5.17. The Morgan fingerprint density at radius 2 is 1.48 bits per heavy atom. The van der Waals surface area contributed by atoms with Crippen molar-refractivity contribution in [2.45, 2.75) is 20.0 Å². The quantitative estimate of drug-likeness (QED) is 0.501. The Bertz CT molecular complexity index is 576. The molecule has 0 atom stereocenters. The van der Waals surface area contributed by atoms with E-state index in [1.807, 2.05) is 25.2 Å². The number of hydrogen-bond donors (Lipinski definition) is 0. The minimum Gasteiger partial charge on any atom is -0.373 e. The molecule has 2 aromatic rings. The second-order valence-electron chi connectivity index (χ2n) is 4.97. The summed E-state index contributed by atoms with van der Waals surface area (Å²) in [4.78, 5) is 0. The first-order chi connectivity index (χ1) is 10.3. The largest absolute Gasteiger partial charge is 0.373 e. The molecule has 0 fully saturated rings. The highest BCUT2D eigenvalue weighted by Crippen LogP contribution is 2.21. The third-order valence-corrected chi connectivity index (χ3v) is 3.34. The van der Waals surface area contributed by atoms with Crippen LogP contribution in [0, 0.1) is 0 Å². The highest BCUT2D eigenvalue weighted by Gasteiger charge is 1.99. The number of rotatable bonds is 7. The number of benzene rings is 2. The van der Waals surface area contributed by atoms with Gasteiger partial charge in [0.15, 0.2) is 0 Å². The summed E-state index contributed by atoms with van der Waals surface area (Å²) in [7, 11) is 0. The van der Waals surface area contributed by atoms with Crippen molar-refractivity contribution in [3.63, 3.8) is 0 Å². The molecule has 2 aromatic carbocycles. The van der Waals surface area contributed by atoms with Crippen LogP contribution in [0.2, 0.25) is 0 Å². The summed E-state index contributed by atoms with van der Waals surface area (Å²) in [5.74, 6) is 0. The fraction of sp³-hybridized carbons (Fsp3) is 0.200. The lowest BCUT2D eigenvalue weighted by Crippen LogP contribution is -1.92. The van der Waals surface area contributed by atoms with Gasteiger partial charge in [0.05, 0.1) is 13.2 Å². The molecular weight excluding hydrogens is 256 g/mol. The molecule has 0 saturated heterocycles. The lowest BCUT2D eigenvalue weighted by Gasteiger charge is -2.06. The van der Waals surface area contributed by atoms with Crippen LogP contribution in [0.5, 0.6) is 0 Å². The van der Waals surface area contributed by atoms with E-state index in [0.717, 1.165) is 6.42 Å². The summed E-state index contributed by atoms with van der Waals surface area (Å²) in [6.07, 6.45) is 6.86. The molecule has 2 rings (SSSR count). The van der Waals surface area contributed by atoms with Crippen molar-refractivity contribution in [1.29, 1.82) is 0 Å². The van der Waals surface area contributed by atoms with Crippen LogP contribution < -0.4 is 0 Å². The molecule has 108 valence electrons. The average Bonchev–Trinajstić information content (AvgIpc) is 2.53. The molecule has 0 saturated carbocycles. The highest BCUT2D eigenvalue weighted by atomic mass is 16.5. The van der Waals surface area contributed by atoms with Gasteiger partial charge in [-0.2, -0.15) is 0 Å². The van der Waals surface area contributed by atoms with E-state index in [1.54, 1.807) is 0 Å². The van der Waals surface area contributed by atoms with Crippen molar-refractivity contribution in [3.8, 4) is 11.1 Å². The molecule has 0 aliphatic heterocycles. The Morgan fingerprint density at radius 1 is 0.905 bits per heavy atom. The molecular formula is C20H22O. The lowest BCUT2D eigenvalue weighted by molar-refractivity contribution is 0.148. The molecule has 0 aliphatic rings. The maximum absolute atomic E-state index is 5.55. The molecule has 1 nitrogen and oxygen atoms in total. The van der Waals surface area contributed by atoms with Gasteiger partial charge in [-0.05, 0) is 35.6 Å². The van der Waals surface area contributed by atoms with Gasteiger partial charge in [0.2, 0.25) is 0 Å². The van der Waals surface area contributed by atoms with Gasteiger partial charge >= 0.3 is 0 Å². The van der Waals surface area contributed by atoms with Gasteiger partial charge in [-0.25, -0.2) is 0 Å². The van der Waals surface area contributed by atoms with Gasteiger partial charge in [-0.15, -0.1) is 6.58 Å². The Balaban J connectivity index is 1.99. The van der Waals surface area contributed by atoms with E-state index < -0.39 is 0 Å². The first kappa shape index (κ1) is 15.3. The molecule has 0 unspecified atom stereocenters. The standard InChI is InChI=1S/C20H22O/c1-3-5-15-21-16-18-9-13-20(14-10-18)19-11-7-17(6-4-2)8-12-19/h3-5,7-14H,2,6,15-16H2,1H3/b5-3+. The third-order valence-electron chi connectivity index (χ3n) is 3.34. The van der Waals surface area contributed by atoms with Crippen molar-refractivity contribution >= 4 is 0 Å². The molecule has 0 aromatic heterocycles. The second kappa shape index (κ2) is 8.23. The molecule has 0 N–H and O–H groups in total. The zero-order valence-corrected chi connectivity index (χ0v) is 12.6. The van der Waals surface area contributed by atoms with Gasteiger partial charge in [0.1, 0.15) is 0 Å². The van der Waals surface area contributed by atoms with Gasteiger partial charge in [-0.1, -0.05) is 66.8 Å². The monoisotopic (exact) mass is 278 g/mol. The van der Waals surface area contributed by atoms with E-state index in [4.69, 9.17) is 4.74 Å². The average molecular weight is 278 g/mol. The van der Waals surface area contributed by atoms with Crippen LogP contribution in [0.15, 0.2) is 73.3 Å². The maximum atomic E-state index is 5.55. The highest BCUT2D eigenvalue weighted by molar-refractivity contribution is 5.64. The molecule has 0 radical (unpaired) electrons. The molecule has 0 aliphatic carbocycles. The first-order valence-corrected chi connectivity index (χ1v) is 7.31. The van der Waals surface area contributed by atoms with Gasteiger partial charge in [-0.3, -0.25) is 0 Å². The van der Waals surface area contributed by atoms with Crippen LogP contribution in [0.4, 0.5) is 0 Å². The van der Waals surface area contributed by atoms with Crippen molar-refractivity contribution in [2.75, 3.05) is 6.61 Å². The summed E-state index contributed by atoms with van der Waals surface area (Å²) >= 11 is 0. The number of ether oxygens (including phenoxy) is 1. The van der Waals surface area contributed by atoms with E-state index in [-0.39, 0.29) is 0 Å². The normalized spacial score (nSPS) is 10.9. The molecule has 1 heteroatoms. The number of allylic oxidation sites excluding steroid dienone is 2. The molecule has 0 bridgehead atoms. The van der Waals surface area contributed by atoms with Crippen LogP contribution >= 0.6 is 0 Å². The number of hydrogen-bond acceptors (Lipinski definition) is 1. The molecule has 21 heavy (non-hydrogen) atoms. The van der Waals surface area contributed by atoms with Crippen molar-refractivity contribution in [1.82, 2.24) is 0 Å². The summed E-state index contributed by atoms with van der Waals surface area (Å²) in [5, 5.41) is 0. The minimum absolute atomic E-state index is 0.656. The van der Waals surface area contributed by atoms with Crippen LogP contribution in [-0.4, -0.2) is 6.61 Å². The van der Waals surface area contributed by atoms with Crippen molar-refractivity contribution in [3.05, 3.63) is 84.5 Å². The summed E-state index contributed by atoms with van der Waals surface area (Å²) < 4.78 is 5.55. The predicted molar refractivity (Wildman–Crippen MR) is 90.2 cm³/mol. The third kappa shape index (κ3) is 4.73. The van der Waals surface area contributed by atoms with E-state index in [9.17, 15) is 0 Å². The topological polar surface area (TPSA) is 9.23 Å². The Kier molecular flexibility index (Phi) is 5.99. The van der Waals surface area contributed by atoms with Gasteiger partial charge < -0.3 is 4.74 Å². The SMILES string of the molecule is C=CCc1ccc(-c2ccc(COC/C=C/C)cc2)cc1. The Morgan fingerprint density at radius 3 is 2.00 bits per heavy atom. The Labute approximate surface area is 127 Å². The first-order valence-electron chi connectivity index (χ1n) is 7.31. The van der Waals surface area contributed by atoms with Gasteiger partial charge in [0, 0.05) is 0 Å². The molecule has 0 spiro atoms. The van der Waals surface area contributed by atoms with Crippen LogP contribution in [0.3, 0.4) is 0 Å². The smallest absolute Gasteiger partial charge is 0.0721 e. The molecule has 0 heterocycles. The maximum Gasteiger partial charge on any atom is 0.0721 e. The van der Waals surface area contributed by atoms with E-state index >= 15 is 0 Å². The summed E-state index contributed by atoms with van der Waals surface area (Å²) in [5.41, 5.74) is 4.97. The Hall–Kier alpha value is -2.12. The molecule has 0 amide bonds. The fourth-order valence-corrected chi connectivity index (χ4v) is 2.13. The van der Waals surface area contributed by atoms with Crippen LogP contribution in [0.1, 0.15) is 18.1 Å². The van der Waals surface area contributed by atoms with Crippen LogP contribution in [-0.2, 0) is 17.8 Å². The summed E-state index contributed by atoms with van der Waals surface area (Å²) in [6, 6.07) is 17.2. The summed E-state index contributed by atoms with van der Waals surface area (Å²) in [6.45, 7) is 7.09. The lowest BCUT2D eigenvalue weighted by atomic mass is 10.0. The van der Waals surface area contributed by atoms with E-state index in [1.165, 1.54) is 22.3 Å². The van der Waals surface area contributed by atoms with E-state index in [2.05, 4.69) is 55.1 Å². The second-order valence-corrected chi connectivity index (χ2v) is 4.97. The fourth-order valence-electron chi connectivity index (χ4n) is 2.13. The van der Waals surface area contributed by atoms with Gasteiger partial charge in [0.25, 0.3) is 0 Å². The van der Waals surface area contributed by atoms with Crippen LogP contribution in [0.25, 0.3) is 11.1 Å². The van der Waals surface area contributed by atoms with E-state index in [0.29, 0.717) is 13.2 Å². The van der Waals surface area contributed by atoms with Crippen molar-refractivity contribution in [2.24, 2.45) is 0 Å². The minimum atomic E-state index is 0.656.